The molecule has 0 aromatic heterocycles. The van der Waals surface area contributed by atoms with Crippen LogP contribution in [-0.4, -0.2) is 47.4 Å². The van der Waals surface area contributed by atoms with Gasteiger partial charge in [0.15, 0.2) is 0 Å². The van der Waals surface area contributed by atoms with Crippen molar-refractivity contribution in [1.29, 1.82) is 0 Å². The molecule has 0 bridgehead atoms. The van der Waals surface area contributed by atoms with Crippen LogP contribution in [0.3, 0.4) is 0 Å². The lowest BCUT2D eigenvalue weighted by Gasteiger charge is -2.47. The summed E-state index contributed by atoms with van der Waals surface area (Å²) in [6.45, 7) is 2.26. The third-order valence-electron chi connectivity index (χ3n) is 5.12. The first-order valence-corrected chi connectivity index (χ1v) is 9.41. The number of nitrogens with zero attached hydrogens (tertiary/aromatic N) is 1. The van der Waals surface area contributed by atoms with Gasteiger partial charge in [0.2, 0.25) is 11.8 Å². The van der Waals surface area contributed by atoms with Crippen LogP contribution in [0.4, 0.5) is 14.9 Å². The first-order valence-electron chi connectivity index (χ1n) is 9.41. The number of rotatable bonds is 4. The minimum atomic E-state index is -0.864. The minimum absolute atomic E-state index is 0.0646. The molecular weight excluding hydrogens is 351 g/mol. The van der Waals surface area contributed by atoms with E-state index in [0.717, 1.165) is 25.7 Å². The Morgan fingerprint density at radius 3 is 2.63 bits per heavy atom. The summed E-state index contributed by atoms with van der Waals surface area (Å²) in [5.74, 6) is -1.10. The van der Waals surface area contributed by atoms with Gasteiger partial charge < -0.3 is 20.9 Å². The average molecular weight is 376 g/mol. The summed E-state index contributed by atoms with van der Waals surface area (Å²) in [7, 11) is 0. The third-order valence-corrected chi connectivity index (χ3v) is 5.12. The molecule has 3 rings (SSSR count). The highest BCUT2D eigenvalue weighted by Crippen LogP contribution is 2.29. The monoisotopic (exact) mass is 376 g/mol. The summed E-state index contributed by atoms with van der Waals surface area (Å²) in [6.07, 6.45) is 3.49. The van der Waals surface area contributed by atoms with Crippen molar-refractivity contribution in [2.45, 2.75) is 57.2 Å². The lowest BCUT2D eigenvalue weighted by molar-refractivity contribution is -0.135. The molecular formula is C19H25FN4O3. The van der Waals surface area contributed by atoms with Crippen LogP contribution in [0.25, 0.3) is 0 Å². The van der Waals surface area contributed by atoms with E-state index in [1.165, 1.54) is 24.3 Å². The zero-order valence-electron chi connectivity index (χ0n) is 15.3. The van der Waals surface area contributed by atoms with Gasteiger partial charge in [0.05, 0.1) is 12.5 Å². The first kappa shape index (κ1) is 19.1. The summed E-state index contributed by atoms with van der Waals surface area (Å²) in [5.41, 5.74) is 0.442. The topological polar surface area (TPSA) is 90.5 Å². The van der Waals surface area contributed by atoms with Gasteiger partial charge in [-0.3, -0.25) is 9.59 Å². The van der Waals surface area contributed by atoms with E-state index in [1.807, 2.05) is 6.92 Å². The SMILES string of the molecule is CCNC(=O)N1[C@@H]2CCCC[C@H]2NC(=O)[C@@H]1CC(=O)Nc1ccc(F)cc1. The van der Waals surface area contributed by atoms with Gasteiger partial charge in [0.25, 0.3) is 0 Å². The molecule has 0 spiro atoms. The molecule has 3 N–H and O–H groups in total. The molecule has 7 nitrogen and oxygen atoms in total. The smallest absolute Gasteiger partial charge is 0.318 e. The van der Waals surface area contributed by atoms with Gasteiger partial charge in [0.1, 0.15) is 11.9 Å². The number of piperazine rings is 1. The molecule has 27 heavy (non-hydrogen) atoms. The number of nitrogens with one attached hydrogen (secondary N) is 3. The Morgan fingerprint density at radius 1 is 1.22 bits per heavy atom. The van der Waals surface area contributed by atoms with Crippen molar-refractivity contribution in [3.8, 4) is 0 Å². The van der Waals surface area contributed by atoms with Crippen LogP contribution in [0.15, 0.2) is 24.3 Å². The van der Waals surface area contributed by atoms with Crippen LogP contribution in [0, 0.1) is 5.82 Å². The Labute approximate surface area is 157 Å². The Hall–Kier alpha value is -2.64. The number of hydrogen-bond donors (Lipinski definition) is 3. The Kier molecular flexibility index (Phi) is 5.93. The van der Waals surface area contributed by atoms with Crippen LogP contribution in [0.5, 0.6) is 0 Å². The molecule has 2 aliphatic rings. The van der Waals surface area contributed by atoms with Crippen LogP contribution in [0.2, 0.25) is 0 Å². The molecule has 1 heterocycles. The fraction of sp³-hybridized carbons (Fsp3) is 0.526. The van der Waals surface area contributed by atoms with E-state index in [4.69, 9.17) is 0 Å². The summed E-state index contributed by atoms with van der Waals surface area (Å²) in [6, 6.07) is 4.05. The van der Waals surface area contributed by atoms with E-state index in [0.29, 0.717) is 12.2 Å². The molecule has 2 fully saturated rings. The predicted molar refractivity (Wildman–Crippen MR) is 98.5 cm³/mol. The molecule has 1 aromatic rings. The molecule has 0 unspecified atom stereocenters. The van der Waals surface area contributed by atoms with Crippen molar-refractivity contribution in [2.24, 2.45) is 0 Å². The predicted octanol–water partition coefficient (Wildman–Crippen LogP) is 2.00. The first-order chi connectivity index (χ1) is 13.0. The lowest BCUT2D eigenvalue weighted by Crippen LogP contribution is -2.69. The number of hydrogen-bond acceptors (Lipinski definition) is 3. The summed E-state index contributed by atoms with van der Waals surface area (Å²) in [4.78, 5) is 39.3. The Bertz CT molecular complexity index is 709. The van der Waals surface area contributed by atoms with Gasteiger partial charge in [-0.15, -0.1) is 0 Å². The van der Waals surface area contributed by atoms with Gasteiger partial charge in [-0.1, -0.05) is 12.8 Å². The van der Waals surface area contributed by atoms with E-state index in [2.05, 4.69) is 16.0 Å². The minimum Gasteiger partial charge on any atom is -0.349 e. The van der Waals surface area contributed by atoms with E-state index in [9.17, 15) is 18.8 Å². The quantitative estimate of drug-likeness (QED) is 0.751. The zero-order chi connectivity index (χ0) is 19.4. The van der Waals surface area contributed by atoms with Gasteiger partial charge in [-0.2, -0.15) is 0 Å². The molecule has 1 aliphatic carbocycles. The lowest BCUT2D eigenvalue weighted by atomic mass is 9.85. The standard InChI is InChI=1S/C19H25FN4O3/c1-2-21-19(27)24-15-6-4-3-5-14(15)23-18(26)16(24)11-17(25)22-13-9-7-12(20)8-10-13/h7-10,14-16H,2-6,11H2,1H3,(H,21,27)(H,22,25)(H,23,26)/t14-,15-,16+/m1/s1. The van der Waals surface area contributed by atoms with E-state index in [-0.39, 0.29) is 30.4 Å². The van der Waals surface area contributed by atoms with E-state index < -0.39 is 17.8 Å². The van der Waals surface area contributed by atoms with E-state index in [1.54, 1.807) is 4.90 Å². The van der Waals surface area contributed by atoms with Crippen molar-refractivity contribution < 1.29 is 18.8 Å². The van der Waals surface area contributed by atoms with Crippen LogP contribution in [-0.2, 0) is 9.59 Å². The van der Waals surface area contributed by atoms with Crippen molar-refractivity contribution in [3.63, 3.8) is 0 Å². The molecule has 1 saturated heterocycles. The normalized spacial score (nSPS) is 24.6. The fourth-order valence-corrected chi connectivity index (χ4v) is 3.90. The zero-order valence-corrected chi connectivity index (χ0v) is 15.3. The van der Waals surface area contributed by atoms with E-state index >= 15 is 0 Å². The van der Waals surface area contributed by atoms with Crippen LogP contribution < -0.4 is 16.0 Å². The van der Waals surface area contributed by atoms with Gasteiger partial charge in [-0.25, -0.2) is 9.18 Å². The van der Waals surface area contributed by atoms with Crippen LogP contribution in [0.1, 0.15) is 39.0 Å². The number of urea groups is 1. The highest BCUT2D eigenvalue weighted by molar-refractivity contribution is 5.97. The Balaban J connectivity index is 1.75. The van der Waals surface area contributed by atoms with Crippen LogP contribution >= 0.6 is 0 Å². The van der Waals surface area contributed by atoms with Crippen molar-refractivity contribution in [3.05, 3.63) is 30.1 Å². The highest BCUT2D eigenvalue weighted by Gasteiger charge is 2.45. The fourth-order valence-electron chi connectivity index (χ4n) is 3.90. The third kappa shape index (κ3) is 4.37. The largest absolute Gasteiger partial charge is 0.349 e. The number of carbonyl (C=O) groups excluding carboxylic acids is 3. The maximum atomic E-state index is 13.0. The number of anilines is 1. The average Bonchev–Trinajstić information content (AvgIpc) is 2.64. The molecule has 4 amide bonds. The molecule has 1 aromatic carbocycles. The van der Waals surface area contributed by atoms with Gasteiger partial charge in [-0.05, 0) is 44.0 Å². The number of benzene rings is 1. The maximum Gasteiger partial charge on any atom is 0.318 e. The second-order valence-corrected chi connectivity index (χ2v) is 6.98. The summed E-state index contributed by atoms with van der Waals surface area (Å²) >= 11 is 0. The molecule has 0 radical (unpaired) electrons. The number of fused-ring (bicyclic) bond motifs is 1. The van der Waals surface area contributed by atoms with Crippen molar-refractivity contribution >= 4 is 23.5 Å². The van der Waals surface area contributed by atoms with Crippen molar-refractivity contribution in [1.82, 2.24) is 15.5 Å². The number of amides is 4. The molecule has 1 aliphatic heterocycles. The number of halogens is 1. The second-order valence-electron chi connectivity index (χ2n) is 6.98. The molecule has 146 valence electrons. The highest BCUT2D eigenvalue weighted by atomic mass is 19.1. The second kappa shape index (κ2) is 8.37. The molecule has 3 atom stereocenters. The van der Waals surface area contributed by atoms with Gasteiger partial charge in [0, 0.05) is 18.3 Å². The maximum absolute atomic E-state index is 13.0. The Morgan fingerprint density at radius 2 is 1.93 bits per heavy atom. The van der Waals surface area contributed by atoms with Crippen molar-refractivity contribution in [2.75, 3.05) is 11.9 Å². The summed E-state index contributed by atoms with van der Waals surface area (Å²) < 4.78 is 13.0. The molecule has 1 saturated carbocycles. The molecule has 8 heteroatoms. The number of carbonyl (C=O) groups is 3. The summed E-state index contributed by atoms with van der Waals surface area (Å²) in [5, 5.41) is 8.40. The van der Waals surface area contributed by atoms with Gasteiger partial charge >= 0.3 is 6.03 Å².